The van der Waals surface area contributed by atoms with Crippen molar-refractivity contribution in [1.82, 2.24) is 15.0 Å². The van der Waals surface area contributed by atoms with Crippen LogP contribution < -0.4 is 0 Å². The molecule has 94 valence electrons. The SMILES string of the molecule is OC1CN(Cc2nc(-c3ccc(Cl)cc3)no2)C1. The Morgan fingerprint density at radius 1 is 1.33 bits per heavy atom. The minimum atomic E-state index is -0.219. The number of benzene rings is 1. The van der Waals surface area contributed by atoms with Crippen LogP contribution in [0, 0.1) is 0 Å². The average molecular weight is 266 g/mol. The van der Waals surface area contributed by atoms with E-state index in [0.29, 0.717) is 36.4 Å². The number of β-amino-alcohol motifs (C(OH)–C–C–N with tert-alkyl or cyclic N) is 1. The fourth-order valence-electron chi connectivity index (χ4n) is 1.90. The molecule has 1 aliphatic rings. The molecule has 0 bridgehead atoms. The maximum Gasteiger partial charge on any atom is 0.241 e. The zero-order valence-electron chi connectivity index (χ0n) is 9.58. The lowest BCUT2D eigenvalue weighted by Gasteiger charge is -2.34. The van der Waals surface area contributed by atoms with E-state index in [0.717, 1.165) is 5.56 Å². The van der Waals surface area contributed by atoms with Crippen LogP contribution in [0.1, 0.15) is 5.89 Å². The number of nitrogens with zero attached hydrogens (tertiary/aromatic N) is 3. The topological polar surface area (TPSA) is 62.4 Å². The molecule has 1 fully saturated rings. The third kappa shape index (κ3) is 2.38. The Bertz CT molecular complexity index is 535. The smallest absolute Gasteiger partial charge is 0.241 e. The zero-order valence-corrected chi connectivity index (χ0v) is 10.3. The number of aliphatic hydroxyl groups is 1. The molecule has 1 N–H and O–H groups in total. The van der Waals surface area contributed by atoms with Gasteiger partial charge < -0.3 is 9.63 Å². The number of aliphatic hydroxyl groups excluding tert-OH is 1. The Morgan fingerprint density at radius 2 is 2.06 bits per heavy atom. The van der Waals surface area contributed by atoms with Gasteiger partial charge in [-0.15, -0.1) is 0 Å². The summed E-state index contributed by atoms with van der Waals surface area (Å²) in [4.78, 5) is 6.36. The molecule has 0 saturated carbocycles. The van der Waals surface area contributed by atoms with Crippen molar-refractivity contribution in [1.29, 1.82) is 0 Å². The van der Waals surface area contributed by atoms with Crippen molar-refractivity contribution in [2.45, 2.75) is 12.6 Å². The van der Waals surface area contributed by atoms with Crippen LogP contribution in [0.4, 0.5) is 0 Å². The average Bonchev–Trinajstić information content (AvgIpc) is 2.77. The monoisotopic (exact) mass is 265 g/mol. The molecule has 6 heteroatoms. The number of aromatic nitrogens is 2. The van der Waals surface area contributed by atoms with Crippen LogP contribution in [0.5, 0.6) is 0 Å². The van der Waals surface area contributed by atoms with Crippen LogP contribution in [0.15, 0.2) is 28.8 Å². The minimum Gasteiger partial charge on any atom is -0.390 e. The van der Waals surface area contributed by atoms with E-state index < -0.39 is 0 Å². The molecule has 1 saturated heterocycles. The number of halogens is 1. The summed E-state index contributed by atoms with van der Waals surface area (Å²) < 4.78 is 5.17. The van der Waals surface area contributed by atoms with Gasteiger partial charge >= 0.3 is 0 Å². The fourth-order valence-corrected chi connectivity index (χ4v) is 2.02. The highest BCUT2D eigenvalue weighted by atomic mass is 35.5. The third-order valence-electron chi connectivity index (χ3n) is 2.87. The lowest BCUT2D eigenvalue weighted by atomic mass is 10.2. The summed E-state index contributed by atoms with van der Waals surface area (Å²) in [5, 5.41) is 13.8. The van der Waals surface area contributed by atoms with Crippen molar-refractivity contribution in [2.75, 3.05) is 13.1 Å². The van der Waals surface area contributed by atoms with E-state index in [1.807, 2.05) is 17.0 Å². The molecular weight excluding hydrogens is 254 g/mol. The molecule has 5 nitrogen and oxygen atoms in total. The predicted octanol–water partition coefficient (Wildman–Crippen LogP) is 1.57. The van der Waals surface area contributed by atoms with Crippen LogP contribution in [-0.4, -0.2) is 39.3 Å². The summed E-state index contributed by atoms with van der Waals surface area (Å²) in [5.74, 6) is 1.12. The van der Waals surface area contributed by atoms with Crippen LogP contribution in [-0.2, 0) is 6.54 Å². The molecule has 2 heterocycles. The molecule has 2 aromatic rings. The van der Waals surface area contributed by atoms with E-state index in [4.69, 9.17) is 16.1 Å². The van der Waals surface area contributed by atoms with Gasteiger partial charge in [-0.1, -0.05) is 16.8 Å². The van der Waals surface area contributed by atoms with E-state index in [9.17, 15) is 5.11 Å². The normalized spacial score (nSPS) is 16.8. The van der Waals surface area contributed by atoms with Crippen LogP contribution >= 0.6 is 11.6 Å². The Kier molecular flexibility index (Phi) is 3.03. The first-order valence-corrected chi connectivity index (χ1v) is 6.07. The number of rotatable bonds is 3. The largest absolute Gasteiger partial charge is 0.390 e. The number of hydrogen-bond acceptors (Lipinski definition) is 5. The van der Waals surface area contributed by atoms with Gasteiger partial charge in [-0.25, -0.2) is 0 Å². The molecule has 0 amide bonds. The van der Waals surface area contributed by atoms with E-state index in [1.54, 1.807) is 12.1 Å². The lowest BCUT2D eigenvalue weighted by molar-refractivity contribution is -0.00806. The maximum absolute atomic E-state index is 9.18. The minimum absolute atomic E-state index is 0.219. The Labute approximate surface area is 109 Å². The van der Waals surface area contributed by atoms with Gasteiger partial charge in [-0.05, 0) is 24.3 Å². The molecule has 0 spiro atoms. The van der Waals surface area contributed by atoms with Gasteiger partial charge in [-0.2, -0.15) is 4.98 Å². The summed E-state index contributed by atoms with van der Waals surface area (Å²) in [6.07, 6.45) is -0.219. The second kappa shape index (κ2) is 4.68. The van der Waals surface area contributed by atoms with Gasteiger partial charge in [0.25, 0.3) is 0 Å². The molecule has 0 atom stereocenters. The molecule has 0 aliphatic carbocycles. The van der Waals surface area contributed by atoms with Crippen molar-refractivity contribution in [3.8, 4) is 11.4 Å². The molecule has 1 aromatic carbocycles. The van der Waals surface area contributed by atoms with Gasteiger partial charge in [0.1, 0.15) is 0 Å². The highest BCUT2D eigenvalue weighted by Gasteiger charge is 2.25. The first-order chi connectivity index (χ1) is 8.70. The Balaban J connectivity index is 1.71. The molecule has 3 rings (SSSR count). The van der Waals surface area contributed by atoms with Crippen LogP contribution in [0.3, 0.4) is 0 Å². The van der Waals surface area contributed by atoms with Gasteiger partial charge in [0.15, 0.2) is 0 Å². The van der Waals surface area contributed by atoms with Gasteiger partial charge in [0.2, 0.25) is 11.7 Å². The van der Waals surface area contributed by atoms with Gasteiger partial charge in [-0.3, -0.25) is 4.90 Å². The van der Waals surface area contributed by atoms with Crippen molar-refractivity contribution in [3.63, 3.8) is 0 Å². The second-order valence-corrected chi connectivity index (χ2v) is 4.80. The van der Waals surface area contributed by atoms with E-state index in [2.05, 4.69) is 10.1 Å². The van der Waals surface area contributed by atoms with Crippen molar-refractivity contribution in [2.24, 2.45) is 0 Å². The predicted molar refractivity (Wildman–Crippen MR) is 66.0 cm³/mol. The van der Waals surface area contributed by atoms with Crippen molar-refractivity contribution in [3.05, 3.63) is 35.2 Å². The zero-order chi connectivity index (χ0) is 12.5. The molecular formula is C12H12ClN3O2. The maximum atomic E-state index is 9.18. The lowest BCUT2D eigenvalue weighted by Crippen LogP contribution is -2.49. The quantitative estimate of drug-likeness (QED) is 0.913. The first-order valence-electron chi connectivity index (χ1n) is 5.69. The Morgan fingerprint density at radius 3 is 2.72 bits per heavy atom. The van der Waals surface area contributed by atoms with Gasteiger partial charge in [0.05, 0.1) is 12.6 Å². The summed E-state index contributed by atoms with van der Waals surface area (Å²) in [5.41, 5.74) is 0.873. The van der Waals surface area contributed by atoms with E-state index in [1.165, 1.54) is 0 Å². The highest BCUT2D eigenvalue weighted by Crippen LogP contribution is 2.19. The van der Waals surface area contributed by atoms with E-state index in [-0.39, 0.29) is 6.10 Å². The summed E-state index contributed by atoms with van der Waals surface area (Å²) in [6.45, 7) is 1.91. The third-order valence-corrected chi connectivity index (χ3v) is 3.12. The molecule has 0 radical (unpaired) electrons. The van der Waals surface area contributed by atoms with Crippen LogP contribution in [0.2, 0.25) is 5.02 Å². The Hall–Kier alpha value is -1.43. The fraction of sp³-hybridized carbons (Fsp3) is 0.333. The molecule has 18 heavy (non-hydrogen) atoms. The van der Waals surface area contributed by atoms with Gasteiger partial charge in [0, 0.05) is 23.7 Å². The highest BCUT2D eigenvalue weighted by molar-refractivity contribution is 6.30. The van der Waals surface area contributed by atoms with Crippen molar-refractivity contribution < 1.29 is 9.63 Å². The summed E-state index contributed by atoms with van der Waals surface area (Å²) >= 11 is 5.82. The molecule has 1 aliphatic heterocycles. The number of hydrogen-bond donors (Lipinski definition) is 1. The first kappa shape index (κ1) is 11.6. The summed E-state index contributed by atoms with van der Waals surface area (Å²) in [6, 6.07) is 7.28. The van der Waals surface area contributed by atoms with Crippen LogP contribution in [0.25, 0.3) is 11.4 Å². The number of likely N-dealkylation sites (tertiary alicyclic amines) is 1. The molecule has 0 unspecified atom stereocenters. The molecule has 1 aromatic heterocycles. The second-order valence-electron chi connectivity index (χ2n) is 4.37. The standard InChI is InChI=1S/C12H12ClN3O2/c13-9-3-1-8(2-4-9)12-14-11(18-15-12)7-16-5-10(17)6-16/h1-4,10,17H,5-7H2. The van der Waals surface area contributed by atoms with Crippen molar-refractivity contribution >= 4 is 11.6 Å². The van der Waals surface area contributed by atoms with E-state index >= 15 is 0 Å². The summed E-state index contributed by atoms with van der Waals surface area (Å²) in [7, 11) is 0.